The molecular formula is C14H23N3O. The van der Waals surface area contributed by atoms with Crippen LogP contribution in [0.5, 0.6) is 0 Å². The zero-order valence-corrected chi connectivity index (χ0v) is 11.4. The predicted octanol–water partition coefficient (Wildman–Crippen LogP) is 1.47. The maximum atomic E-state index is 11.6. The number of hydrogen-bond donors (Lipinski definition) is 1. The van der Waals surface area contributed by atoms with Gasteiger partial charge in [-0.05, 0) is 57.6 Å². The number of nitrogens with one attached hydrogen (secondary N) is 1. The molecule has 1 aromatic rings. The van der Waals surface area contributed by atoms with Crippen LogP contribution in [0.1, 0.15) is 24.8 Å². The molecule has 0 fully saturated rings. The van der Waals surface area contributed by atoms with Crippen LogP contribution < -0.4 is 5.32 Å². The van der Waals surface area contributed by atoms with Crippen LogP contribution in [0.4, 0.5) is 0 Å². The van der Waals surface area contributed by atoms with Crippen LogP contribution in [0, 0.1) is 0 Å². The zero-order chi connectivity index (χ0) is 13.2. The lowest BCUT2D eigenvalue weighted by Crippen LogP contribution is -2.25. The first-order valence-electron chi connectivity index (χ1n) is 6.49. The molecule has 100 valence electrons. The van der Waals surface area contributed by atoms with Crippen molar-refractivity contribution in [2.75, 3.05) is 27.2 Å². The van der Waals surface area contributed by atoms with E-state index in [9.17, 15) is 4.79 Å². The number of hydrogen-bond acceptors (Lipinski definition) is 3. The van der Waals surface area contributed by atoms with Crippen molar-refractivity contribution in [3.63, 3.8) is 0 Å². The van der Waals surface area contributed by atoms with E-state index in [1.807, 2.05) is 12.1 Å². The van der Waals surface area contributed by atoms with Gasteiger partial charge in [0.15, 0.2) is 0 Å². The van der Waals surface area contributed by atoms with E-state index in [1.165, 1.54) is 0 Å². The fourth-order valence-electron chi connectivity index (χ4n) is 1.68. The van der Waals surface area contributed by atoms with Crippen molar-refractivity contribution in [2.24, 2.45) is 0 Å². The van der Waals surface area contributed by atoms with Crippen molar-refractivity contribution in [1.29, 1.82) is 0 Å². The summed E-state index contributed by atoms with van der Waals surface area (Å²) in [5, 5.41) is 2.95. The summed E-state index contributed by atoms with van der Waals surface area (Å²) < 4.78 is 0. The minimum atomic E-state index is 0.136. The summed E-state index contributed by atoms with van der Waals surface area (Å²) in [7, 11) is 4.13. The fraction of sp³-hybridized carbons (Fsp3) is 0.571. The molecule has 0 aliphatic rings. The van der Waals surface area contributed by atoms with E-state index in [-0.39, 0.29) is 5.91 Å². The predicted molar refractivity (Wildman–Crippen MR) is 73.4 cm³/mol. The molecule has 1 rings (SSSR count). The summed E-state index contributed by atoms with van der Waals surface area (Å²) >= 11 is 0. The highest BCUT2D eigenvalue weighted by atomic mass is 16.1. The fourth-order valence-corrected chi connectivity index (χ4v) is 1.68. The molecule has 0 aromatic carbocycles. The Hall–Kier alpha value is -1.42. The summed E-state index contributed by atoms with van der Waals surface area (Å²) in [6.45, 7) is 1.86. The second kappa shape index (κ2) is 8.64. The molecule has 1 heterocycles. The van der Waals surface area contributed by atoms with Gasteiger partial charge in [0.05, 0.1) is 0 Å². The van der Waals surface area contributed by atoms with Gasteiger partial charge in [0.1, 0.15) is 0 Å². The van der Waals surface area contributed by atoms with Gasteiger partial charge in [0.25, 0.3) is 0 Å². The first-order chi connectivity index (χ1) is 8.68. The van der Waals surface area contributed by atoms with Gasteiger partial charge in [-0.2, -0.15) is 0 Å². The second-order valence-electron chi connectivity index (χ2n) is 4.72. The Morgan fingerprint density at radius 1 is 1.28 bits per heavy atom. The van der Waals surface area contributed by atoms with Crippen molar-refractivity contribution in [3.05, 3.63) is 30.1 Å². The van der Waals surface area contributed by atoms with Gasteiger partial charge in [-0.1, -0.05) is 0 Å². The van der Waals surface area contributed by atoms with E-state index in [2.05, 4.69) is 29.3 Å². The van der Waals surface area contributed by atoms with E-state index in [1.54, 1.807) is 12.4 Å². The van der Waals surface area contributed by atoms with E-state index < -0.39 is 0 Å². The van der Waals surface area contributed by atoms with Crippen molar-refractivity contribution in [2.45, 2.75) is 25.7 Å². The molecule has 0 saturated heterocycles. The van der Waals surface area contributed by atoms with Crippen LogP contribution in [0.25, 0.3) is 0 Å². The number of amides is 1. The highest BCUT2D eigenvalue weighted by Crippen LogP contribution is 2.00. The number of pyridine rings is 1. The molecule has 0 aliphatic heterocycles. The molecule has 4 nitrogen and oxygen atoms in total. The Balaban J connectivity index is 2.04. The van der Waals surface area contributed by atoms with Crippen LogP contribution in [-0.4, -0.2) is 43.0 Å². The highest BCUT2D eigenvalue weighted by Gasteiger charge is 2.01. The monoisotopic (exact) mass is 249 g/mol. The van der Waals surface area contributed by atoms with Crippen LogP contribution in [0.2, 0.25) is 0 Å². The van der Waals surface area contributed by atoms with Crippen LogP contribution >= 0.6 is 0 Å². The SMILES string of the molecule is CN(C)CCCCNC(=O)CCc1ccncc1. The number of rotatable bonds is 8. The third kappa shape index (κ3) is 7.01. The minimum Gasteiger partial charge on any atom is -0.356 e. The van der Waals surface area contributed by atoms with E-state index in [4.69, 9.17) is 0 Å². The molecule has 1 aromatic heterocycles. The Bertz CT molecular complexity index is 338. The second-order valence-corrected chi connectivity index (χ2v) is 4.72. The average Bonchev–Trinajstić information content (AvgIpc) is 2.37. The average molecular weight is 249 g/mol. The Kier molecular flexibility index (Phi) is 7.03. The van der Waals surface area contributed by atoms with Crippen molar-refractivity contribution in [1.82, 2.24) is 15.2 Å². The maximum absolute atomic E-state index is 11.6. The molecule has 0 spiro atoms. The van der Waals surface area contributed by atoms with Gasteiger partial charge in [0, 0.05) is 25.4 Å². The molecule has 0 atom stereocenters. The van der Waals surface area contributed by atoms with Crippen LogP contribution in [0.15, 0.2) is 24.5 Å². The molecule has 0 radical (unpaired) electrons. The van der Waals surface area contributed by atoms with E-state index in [0.29, 0.717) is 6.42 Å². The van der Waals surface area contributed by atoms with Crippen LogP contribution in [-0.2, 0) is 11.2 Å². The lowest BCUT2D eigenvalue weighted by Gasteiger charge is -2.09. The van der Waals surface area contributed by atoms with Gasteiger partial charge < -0.3 is 10.2 Å². The standard InChI is InChI=1S/C14H23N3O/c1-17(2)12-4-3-9-16-14(18)6-5-13-7-10-15-11-8-13/h7-8,10-11H,3-6,9,12H2,1-2H3,(H,16,18). The van der Waals surface area contributed by atoms with Gasteiger partial charge in [-0.25, -0.2) is 0 Å². The van der Waals surface area contributed by atoms with Gasteiger partial charge in [0.2, 0.25) is 5.91 Å². The number of aromatic nitrogens is 1. The topological polar surface area (TPSA) is 45.2 Å². The van der Waals surface area contributed by atoms with Crippen molar-refractivity contribution < 1.29 is 4.79 Å². The third-order valence-corrected chi connectivity index (χ3v) is 2.74. The summed E-state index contributed by atoms with van der Waals surface area (Å²) in [6.07, 6.45) is 7.02. The van der Waals surface area contributed by atoms with Gasteiger partial charge in [-0.3, -0.25) is 9.78 Å². The molecule has 0 bridgehead atoms. The smallest absolute Gasteiger partial charge is 0.220 e. The largest absolute Gasteiger partial charge is 0.356 e. The molecule has 4 heteroatoms. The highest BCUT2D eigenvalue weighted by molar-refractivity contribution is 5.76. The van der Waals surface area contributed by atoms with Gasteiger partial charge >= 0.3 is 0 Å². The van der Waals surface area contributed by atoms with E-state index >= 15 is 0 Å². The minimum absolute atomic E-state index is 0.136. The molecular weight excluding hydrogens is 226 g/mol. The lowest BCUT2D eigenvalue weighted by atomic mass is 10.1. The van der Waals surface area contributed by atoms with Crippen LogP contribution in [0.3, 0.4) is 0 Å². The Morgan fingerprint density at radius 3 is 2.67 bits per heavy atom. The summed E-state index contributed by atoms with van der Waals surface area (Å²) in [6, 6.07) is 3.90. The lowest BCUT2D eigenvalue weighted by molar-refractivity contribution is -0.121. The molecule has 1 N–H and O–H groups in total. The first kappa shape index (κ1) is 14.6. The summed E-state index contributed by atoms with van der Waals surface area (Å²) in [4.78, 5) is 17.7. The third-order valence-electron chi connectivity index (χ3n) is 2.74. The first-order valence-corrected chi connectivity index (χ1v) is 6.49. The van der Waals surface area contributed by atoms with Gasteiger partial charge in [-0.15, -0.1) is 0 Å². The normalized spacial score (nSPS) is 10.6. The van der Waals surface area contributed by atoms with E-state index in [0.717, 1.165) is 37.9 Å². The molecule has 0 saturated carbocycles. The van der Waals surface area contributed by atoms with Crippen molar-refractivity contribution in [3.8, 4) is 0 Å². The summed E-state index contributed by atoms with van der Waals surface area (Å²) in [5.74, 6) is 0.136. The Labute approximate surface area is 109 Å². The maximum Gasteiger partial charge on any atom is 0.220 e. The van der Waals surface area contributed by atoms with Crippen molar-refractivity contribution >= 4 is 5.91 Å². The quantitative estimate of drug-likeness (QED) is 0.710. The summed E-state index contributed by atoms with van der Waals surface area (Å²) in [5.41, 5.74) is 1.16. The molecule has 0 aliphatic carbocycles. The number of carbonyl (C=O) groups excluding carboxylic acids is 1. The number of carbonyl (C=O) groups is 1. The molecule has 0 unspecified atom stereocenters. The molecule has 1 amide bonds. The Morgan fingerprint density at radius 2 is 2.00 bits per heavy atom. The zero-order valence-electron chi connectivity index (χ0n) is 11.4. The molecule has 18 heavy (non-hydrogen) atoms. The number of aryl methyl sites for hydroxylation is 1. The number of unbranched alkanes of at least 4 members (excludes halogenated alkanes) is 1. The number of nitrogens with zero attached hydrogens (tertiary/aromatic N) is 2.